The van der Waals surface area contributed by atoms with Crippen LogP contribution in [-0.2, 0) is 0 Å². The first-order valence-corrected chi connectivity index (χ1v) is 11.0. The maximum Gasteiger partial charge on any atom is 0.263 e. The second-order valence-electron chi connectivity index (χ2n) is 7.19. The maximum atomic E-state index is 14.1. The predicted octanol–water partition coefficient (Wildman–Crippen LogP) is 5.97. The largest absolute Gasteiger partial charge is 0.306 e. The standard InChI is InChI=1S/C26H18N4OS/c27-18-23(24-13-7-17-32-24)30(26(31)21-11-6-15-29-16-14-28-25(21)29)22-12-5-4-10-20(22)19-8-2-1-3-9-19/h1-17,23H. The number of hydrogen-bond donors (Lipinski definition) is 0. The lowest BCUT2D eigenvalue weighted by molar-refractivity contribution is 0.0983. The molecule has 3 heterocycles. The van der Waals surface area contributed by atoms with Crippen LogP contribution in [0.4, 0.5) is 5.69 Å². The fourth-order valence-electron chi connectivity index (χ4n) is 3.85. The highest BCUT2D eigenvalue weighted by molar-refractivity contribution is 7.10. The number of carbonyl (C=O) groups is 1. The molecule has 0 spiro atoms. The van der Waals surface area contributed by atoms with Crippen molar-refractivity contribution in [2.24, 2.45) is 0 Å². The van der Waals surface area contributed by atoms with Gasteiger partial charge in [0.05, 0.1) is 17.3 Å². The molecule has 0 N–H and O–H groups in total. The van der Waals surface area contributed by atoms with Gasteiger partial charge < -0.3 is 4.40 Å². The molecule has 0 saturated heterocycles. The van der Waals surface area contributed by atoms with Gasteiger partial charge in [-0.25, -0.2) is 4.98 Å². The molecule has 0 fully saturated rings. The van der Waals surface area contributed by atoms with Crippen molar-refractivity contribution in [2.75, 3.05) is 4.90 Å². The molecule has 1 unspecified atom stereocenters. The number of fused-ring (bicyclic) bond motifs is 1. The Morgan fingerprint density at radius 1 is 0.969 bits per heavy atom. The van der Waals surface area contributed by atoms with Gasteiger partial charge in [-0.2, -0.15) is 5.26 Å². The molecule has 5 aromatic rings. The molecule has 1 atom stereocenters. The molecule has 1 amide bonds. The Kier molecular flexibility index (Phi) is 5.24. The molecule has 6 heteroatoms. The molecule has 5 nitrogen and oxygen atoms in total. The SMILES string of the molecule is N#CC(c1cccs1)N(C(=O)c1cccn2ccnc12)c1ccccc1-c1ccccc1. The van der Waals surface area contributed by atoms with Crippen LogP contribution in [0.3, 0.4) is 0 Å². The normalized spacial score (nSPS) is 11.7. The Morgan fingerprint density at radius 3 is 2.56 bits per heavy atom. The van der Waals surface area contributed by atoms with Crippen molar-refractivity contribution < 1.29 is 4.79 Å². The quantitative estimate of drug-likeness (QED) is 0.342. The van der Waals surface area contributed by atoms with Crippen molar-refractivity contribution in [3.05, 3.63) is 113 Å². The number of rotatable bonds is 5. The van der Waals surface area contributed by atoms with E-state index in [-0.39, 0.29) is 5.91 Å². The summed E-state index contributed by atoms with van der Waals surface area (Å²) < 4.78 is 1.81. The van der Waals surface area contributed by atoms with Gasteiger partial charge in [0.1, 0.15) is 5.65 Å². The van der Waals surface area contributed by atoms with Gasteiger partial charge in [0.2, 0.25) is 0 Å². The van der Waals surface area contributed by atoms with E-state index in [2.05, 4.69) is 11.1 Å². The van der Waals surface area contributed by atoms with Crippen LogP contribution < -0.4 is 4.90 Å². The first kappa shape index (κ1) is 19.7. The second-order valence-corrected chi connectivity index (χ2v) is 8.16. The highest BCUT2D eigenvalue weighted by Gasteiger charge is 2.31. The lowest BCUT2D eigenvalue weighted by Gasteiger charge is -2.29. The molecule has 0 bridgehead atoms. The van der Waals surface area contributed by atoms with E-state index in [9.17, 15) is 10.1 Å². The third-order valence-electron chi connectivity index (χ3n) is 5.31. The molecule has 3 aromatic heterocycles. The van der Waals surface area contributed by atoms with Crippen LogP contribution in [0.1, 0.15) is 21.3 Å². The molecule has 2 aromatic carbocycles. The number of hydrogen-bond acceptors (Lipinski definition) is 4. The summed E-state index contributed by atoms with van der Waals surface area (Å²) >= 11 is 1.46. The lowest BCUT2D eigenvalue weighted by atomic mass is 10.0. The molecule has 5 rings (SSSR count). The highest BCUT2D eigenvalue weighted by atomic mass is 32.1. The van der Waals surface area contributed by atoms with Gasteiger partial charge in [0.15, 0.2) is 6.04 Å². The van der Waals surface area contributed by atoms with Gasteiger partial charge in [0, 0.05) is 29.0 Å². The van der Waals surface area contributed by atoms with Crippen LogP contribution in [0.2, 0.25) is 0 Å². The smallest absolute Gasteiger partial charge is 0.263 e. The number of para-hydroxylation sites is 1. The summed E-state index contributed by atoms with van der Waals surface area (Å²) in [5.74, 6) is -0.273. The fourth-order valence-corrected chi connectivity index (χ4v) is 4.61. The maximum absolute atomic E-state index is 14.1. The van der Waals surface area contributed by atoms with Gasteiger partial charge in [-0.15, -0.1) is 11.3 Å². The van der Waals surface area contributed by atoms with Crippen LogP contribution in [0.25, 0.3) is 16.8 Å². The van der Waals surface area contributed by atoms with Crippen molar-refractivity contribution in [1.82, 2.24) is 9.38 Å². The molecular formula is C26H18N4OS. The van der Waals surface area contributed by atoms with E-state index in [1.165, 1.54) is 11.3 Å². The minimum Gasteiger partial charge on any atom is -0.306 e. The van der Waals surface area contributed by atoms with Crippen LogP contribution >= 0.6 is 11.3 Å². The average molecular weight is 435 g/mol. The number of thiophene rings is 1. The van der Waals surface area contributed by atoms with Crippen LogP contribution in [-0.4, -0.2) is 15.3 Å². The summed E-state index contributed by atoms with van der Waals surface area (Å²) in [6.45, 7) is 0. The molecule has 0 saturated carbocycles. The van der Waals surface area contributed by atoms with E-state index in [1.807, 2.05) is 84.4 Å². The van der Waals surface area contributed by atoms with Gasteiger partial charge in [0.25, 0.3) is 5.91 Å². The number of pyridine rings is 1. The second kappa shape index (κ2) is 8.50. The first-order valence-electron chi connectivity index (χ1n) is 10.1. The fraction of sp³-hybridized carbons (Fsp3) is 0.0385. The van der Waals surface area contributed by atoms with E-state index >= 15 is 0 Å². The van der Waals surface area contributed by atoms with E-state index in [4.69, 9.17) is 0 Å². The Bertz CT molecular complexity index is 1420. The third kappa shape index (κ3) is 3.45. The number of amides is 1. The molecule has 0 aliphatic carbocycles. The highest BCUT2D eigenvalue weighted by Crippen LogP contribution is 2.38. The number of nitrogens with zero attached hydrogens (tertiary/aromatic N) is 4. The Balaban J connectivity index is 1.73. The zero-order chi connectivity index (χ0) is 21.9. The minimum absolute atomic E-state index is 0.273. The van der Waals surface area contributed by atoms with Gasteiger partial charge >= 0.3 is 0 Å². The third-order valence-corrected chi connectivity index (χ3v) is 6.23. The number of anilines is 1. The summed E-state index contributed by atoms with van der Waals surface area (Å²) in [6.07, 6.45) is 5.31. The first-order chi connectivity index (χ1) is 15.8. The topological polar surface area (TPSA) is 61.4 Å². The van der Waals surface area contributed by atoms with E-state index in [0.717, 1.165) is 16.0 Å². The summed E-state index contributed by atoms with van der Waals surface area (Å²) in [4.78, 5) is 20.8. The lowest BCUT2D eigenvalue weighted by Crippen LogP contribution is -2.35. The zero-order valence-electron chi connectivity index (χ0n) is 17.0. The van der Waals surface area contributed by atoms with Crippen molar-refractivity contribution in [3.63, 3.8) is 0 Å². The number of aromatic nitrogens is 2. The Morgan fingerprint density at radius 2 is 1.78 bits per heavy atom. The molecule has 0 aliphatic rings. The summed E-state index contributed by atoms with van der Waals surface area (Å²) in [5.41, 5.74) is 3.54. The molecular weight excluding hydrogens is 416 g/mol. The van der Waals surface area contributed by atoms with Gasteiger partial charge in [-0.05, 0) is 35.2 Å². The van der Waals surface area contributed by atoms with Crippen LogP contribution in [0, 0.1) is 11.3 Å². The number of benzene rings is 2. The molecule has 154 valence electrons. The van der Waals surface area contributed by atoms with Crippen molar-refractivity contribution in [2.45, 2.75) is 6.04 Å². The molecule has 0 radical (unpaired) electrons. The van der Waals surface area contributed by atoms with Gasteiger partial charge in [-0.1, -0.05) is 54.6 Å². The number of nitriles is 1. The average Bonchev–Trinajstić information content (AvgIpc) is 3.55. The zero-order valence-corrected chi connectivity index (χ0v) is 17.8. The number of imidazole rings is 1. The predicted molar refractivity (Wildman–Crippen MR) is 127 cm³/mol. The van der Waals surface area contributed by atoms with Crippen LogP contribution in [0.15, 0.2) is 103 Å². The van der Waals surface area contributed by atoms with Crippen molar-refractivity contribution in [1.29, 1.82) is 5.26 Å². The monoisotopic (exact) mass is 434 g/mol. The van der Waals surface area contributed by atoms with E-state index < -0.39 is 6.04 Å². The summed E-state index contributed by atoms with van der Waals surface area (Å²) in [5, 5.41) is 12.1. The van der Waals surface area contributed by atoms with E-state index in [1.54, 1.807) is 27.8 Å². The summed E-state index contributed by atoms with van der Waals surface area (Å²) in [6, 6.07) is 26.5. The summed E-state index contributed by atoms with van der Waals surface area (Å²) in [7, 11) is 0. The minimum atomic E-state index is -0.775. The van der Waals surface area contributed by atoms with Crippen molar-refractivity contribution >= 4 is 28.6 Å². The molecule has 32 heavy (non-hydrogen) atoms. The van der Waals surface area contributed by atoms with Gasteiger partial charge in [-0.3, -0.25) is 9.69 Å². The molecule has 0 aliphatic heterocycles. The Labute approximate surface area is 189 Å². The Hall–Kier alpha value is -4.21. The van der Waals surface area contributed by atoms with E-state index in [0.29, 0.717) is 16.9 Å². The van der Waals surface area contributed by atoms with Crippen LogP contribution in [0.5, 0.6) is 0 Å². The number of carbonyl (C=O) groups excluding carboxylic acids is 1. The van der Waals surface area contributed by atoms with Crippen molar-refractivity contribution in [3.8, 4) is 17.2 Å².